The lowest BCUT2D eigenvalue weighted by atomic mass is 10.2. The van der Waals surface area contributed by atoms with E-state index in [1.807, 2.05) is 44.2 Å². The summed E-state index contributed by atoms with van der Waals surface area (Å²) < 4.78 is 2.67. The van der Waals surface area contributed by atoms with Gasteiger partial charge in [-0.1, -0.05) is 30.1 Å². The first kappa shape index (κ1) is 20.1. The van der Waals surface area contributed by atoms with Gasteiger partial charge in [-0.3, -0.25) is 14.5 Å². The van der Waals surface area contributed by atoms with Crippen LogP contribution in [0.2, 0.25) is 0 Å². The summed E-state index contributed by atoms with van der Waals surface area (Å²) in [5.74, 6) is -0.184. The van der Waals surface area contributed by atoms with Crippen LogP contribution in [-0.2, 0) is 9.59 Å². The zero-order valence-electron chi connectivity index (χ0n) is 16.0. The van der Waals surface area contributed by atoms with Crippen molar-refractivity contribution in [3.63, 3.8) is 0 Å². The Morgan fingerprint density at radius 2 is 1.96 bits per heavy atom. The van der Waals surface area contributed by atoms with E-state index in [-0.39, 0.29) is 11.8 Å². The van der Waals surface area contributed by atoms with E-state index >= 15 is 0 Å². The van der Waals surface area contributed by atoms with E-state index < -0.39 is 0 Å². The Balaban J connectivity index is 1.92. The lowest BCUT2D eigenvalue weighted by Gasteiger charge is -2.11. The molecule has 3 rings (SSSR count). The summed E-state index contributed by atoms with van der Waals surface area (Å²) in [6.07, 6.45) is 3.57. The van der Waals surface area contributed by atoms with Crippen LogP contribution in [0.15, 0.2) is 47.9 Å². The Kier molecular flexibility index (Phi) is 5.86. The molecule has 0 bridgehead atoms. The molecular formula is C21H21N3O2S2. The molecule has 1 aromatic heterocycles. The second-order valence-corrected chi connectivity index (χ2v) is 8.15. The van der Waals surface area contributed by atoms with Crippen LogP contribution in [0.3, 0.4) is 0 Å². The van der Waals surface area contributed by atoms with Gasteiger partial charge in [-0.2, -0.15) is 0 Å². The van der Waals surface area contributed by atoms with Gasteiger partial charge in [-0.05, 0) is 55.8 Å². The van der Waals surface area contributed by atoms with Gasteiger partial charge in [0.15, 0.2) is 0 Å². The van der Waals surface area contributed by atoms with Crippen LogP contribution in [0.25, 0.3) is 11.8 Å². The van der Waals surface area contributed by atoms with Crippen LogP contribution in [0.5, 0.6) is 0 Å². The number of carbonyl (C=O) groups is 2. The molecule has 0 radical (unpaired) electrons. The number of benzene rings is 1. The highest BCUT2D eigenvalue weighted by Gasteiger charge is 2.31. The third kappa shape index (κ3) is 3.95. The van der Waals surface area contributed by atoms with Crippen molar-refractivity contribution in [1.82, 2.24) is 9.47 Å². The van der Waals surface area contributed by atoms with Crippen LogP contribution in [-0.4, -0.2) is 32.1 Å². The van der Waals surface area contributed by atoms with Gasteiger partial charge in [0, 0.05) is 36.2 Å². The molecule has 0 atom stereocenters. The molecule has 1 aromatic carbocycles. The summed E-state index contributed by atoms with van der Waals surface area (Å²) in [5.41, 5.74) is 4.80. The van der Waals surface area contributed by atoms with Gasteiger partial charge in [-0.25, -0.2) is 0 Å². The molecule has 0 unspecified atom stereocenters. The second kappa shape index (κ2) is 8.16. The molecule has 1 N–H and O–H groups in total. The molecule has 1 saturated heterocycles. The molecule has 7 heteroatoms. The van der Waals surface area contributed by atoms with Gasteiger partial charge >= 0.3 is 0 Å². The lowest BCUT2D eigenvalue weighted by molar-refractivity contribution is -0.121. The van der Waals surface area contributed by atoms with Crippen LogP contribution in [0.4, 0.5) is 5.69 Å². The standard InChI is InChI=1S/C21H21N3O2S2/c1-5-10-23-20(26)19(28-21(23)27)12-16-11-13(2)24(14(16)3)18-8-6-17(7-9-18)22-15(4)25/h5-9,11-12H,1,10H2,2-4H3,(H,22,25)/b19-12-. The summed E-state index contributed by atoms with van der Waals surface area (Å²) in [6.45, 7) is 9.62. The van der Waals surface area contributed by atoms with E-state index in [0.717, 1.165) is 28.3 Å². The molecule has 1 aliphatic heterocycles. The van der Waals surface area contributed by atoms with Crippen molar-refractivity contribution in [2.75, 3.05) is 11.9 Å². The fourth-order valence-electron chi connectivity index (χ4n) is 3.16. The van der Waals surface area contributed by atoms with E-state index in [2.05, 4.69) is 22.5 Å². The van der Waals surface area contributed by atoms with Gasteiger partial charge in [0.2, 0.25) is 5.91 Å². The number of aryl methyl sites for hydroxylation is 1. The number of nitrogens with one attached hydrogen (secondary N) is 1. The molecule has 2 aromatic rings. The number of carbonyl (C=O) groups excluding carboxylic acids is 2. The third-order valence-electron chi connectivity index (χ3n) is 4.39. The first-order chi connectivity index (χ1) is 13.3. The fourth-order valence-corrected chi connectivity index (χ4v) is 4.42. The summed E-state index contributed by atoms with van der Waals surface area (Å²) in [6, 6.07) is 9.71. The molecule has 1 aliphatic rings. The maximum absolute atomic E-state index is 12.6. The molecule has 0 saturated carbocycles. The Hall–Kier alpha value is -2.64. The molecule has 5 nitrogen and oxygen atoms in total. The molecule has 144 valence electrons. The van der Waals surface area contributed by atoms with Crippen molar-refractivity contribution >= 4 is 51.9 Å². The van der Waals surface area contributed by atoms with Crippen molar-refractivity contribution in [2.24, 2.45) is 0 Å². The Labute approximate surface area is 174 Å². The smallest absolute Gasteiger partial charge is 0.266 e. The third-order valence-corrected chi connectivity index (χ3v) is 5.77. The van der Waals surface area contributed by atoms with Gasteiger partial charge in [0.25, 0.3) is 5.91 Å². The molecule has 2 heterocycles. The number of rotatable bonds is 5. The molecular weight excluding hydrogens is 390 g/mol. The molecule has 0 spiro atoms. The van der Waals surface area contributed by atoms with Crippen molar-refractivity contribution in [3.05, 3.63) is 64.8 Å². The Morgan fingerprint density at radius 1 is 1.29 bits per heavy atom. The van der Waals surface area contributed by atoms with Crippen LogP contribution >= 0.6 is 24.0 Å². The summed E-state index contributed by atoms with van der Waals surface area (Å²) in [7, 11) is 0. The maximum Gasteiger partial charge on any atom is 0.266 e. The number of thiocarbonyl (C=S) groups is 1. The number of amides is 2. The van der Waals surface area contributed by atoms with E-state index in [4.69, 9.17) is 12.2 Å². The normalized spacial score (nSPS) is 15.4. The number of hydrogen-bond acceptors (Lipinski definition) is 4. The Morgan fingerprint density at radius 3 is 2.57 bits per heavy atom. The SMILES string of the molecule is C=CCN1C(=O)/C(=C/c2cc(C)n(-c3ccc(NC(C)=O)cc3)c2C)SC1=S. The van der Waals surface area contributed by atoms with Crippen molar-refractivity contribution in [1.29, 1.82) is 0 Å². The molecule has 2 amide bonds. The van der Waals surface area contributed by atoms with Crippen LogP contribution in [0.1, 0.15) is 23.9 Å². The zero-order chi connectivity index (χ0) is 20.4. The molecule has 1 fully saturated rings. The minimum atomic E-state index is -0.0999. The Bertz CT molecular complexity index is 1000. The second-order valence-electron chi connectivity index (χ2n) is 6.47. The quantitative estimate of drug-likeness (QED) is 0.449. The first-order valence-electron chi connectivity index (χ1n) is 8.75. The van der Waals surface area contributed by atoms with Crippen molar-refractivity contribution in [2.45, 2.75) is 20.8 Å². The van der Waals surface area contributed by atoms with Gasteiger partial charge in [0.1, 0.15) is 4.32 Å². The topological polar surface area (TPSA) is 54.3 Å². The number of anilines is 1. The highest BCUT2D eigenvalue weighted by molar-refractivity contribution is 8.26. The predicted octanol–water partition coefficient (Wildman–Crippen LogP) is 4.44. The van der Waals surface area contributed by atoms with Crippen molar-refractivity contribution in [3.8, 4) is 5.69 Å². The van der Waals surface area contributed by atoms with Gasteiger partial charge in [0.05, 0.1) is 4.91 Å². The fraction of sp³-hybridized carbons (Fsp3) is 0.190. The number of thioether (sulfide) groups is 1. The monoisotopic (exact) mass is 411 g/mol. The minimum Gasteiger partial charge on any atom is -0.326 e. The van der Waals surface area contributed by atoms with E-state index in [1.54, 1.807) is 11.0 Å². The number of nitrogens with zero attached hydrogens (tertiary/aromatic N) is 2. The molecule has 28 heavy (non-hydrogen) atoms. The predicted molar refractivity (Wildman–Crippen MR) is 120 cm³/mol. The first-order valence-corrected chi connectivity index (χ1v) is 9.97. The largest absolute Gasteiger partial charge is 0.326 e. The van der Waals surface area contributed by atoms with E-state index in [0.29, 0.717) is 15.8 Å². The lowest BCUT2D eigenvalue weighted by Crippen LogP contribution is -2.27. The maximum atomic E-state index is 12.6. The van der Waals surface area contributed by atoms with Gasteiger partial charge in [-0.15, -0.1) is 6.58 Å². The van der Waals surface area contributed by atoms with Gasteiger partial charge < -0.3 is 9.88 Å². The minimum absolute atomic E-state index is 0.0839. The average molecular weight is 412 g/mol. The highest BCUT2D eigenvalue weighted by Crippen LogP contribution is 2.34. The van der Waals surface area contributed by atoms with Crippen molar-refractivity contribution < 1.29 is 9.59 Å². The highest BCUT2D eigenvalue weighted by atomic mass is 32.2. The number of hydrogen-bond donors (Lipinski definition) is 1. The van der Waals surface area contributed by atoms with E-state index in [9.17, 15) is 9.59 Å². The summed E-state index contributed by atoms with van der Waals surface area (Å²) in [5, 5.41) is 2.77. The van der Waals surface area contributed by atoms with E-state index in [1.165, 1.54) is 18.7 Å². The summed E-state index contributed by atoms with van der Waals surface area (Å²) in [4.78, 5) is 25.9. The zero-order valence-corrected chi connectivity index (χ0v) is 17.6. The average Bonchev–Trinajstić information content (AvgIpc) is 3.06. The summed E-state index contributed by atoms with van der Waals surface area (Å²) >= 11 is 6.62. The molecule has 0 aliphatic carbocycles. The van der Waals surface area contributed by atoms with Crippen LogP contribution < -0.4 is 5.32 Å². The van der Waals surface area contributed by atoms with Crippen LogP contribution in [0, 0.1) is 13.8 Å². The number of aromatic nitrogens is 1.